The lowest BCUT2D eigenvalue weighted by atomic mass is 9.95. The van der Waals surface area contributed by atoms with Crippen LogP contribution in [0.15, 0.2) is 42.5 Å². The molecule has 0 atom stereocenters. The van der Waals surface area contributed by atoms with E-state index in [9.17, 15) is 0 Å². The van der Waals surface area contributed by atoms with Crippen LogP contribution < -0.4 is 5.73 Å². The molecule has 1 heteroatoms. The molecule has 0 saturated heterocycles. The van der Waals surface area contributed by atoms with Crippen molar-refractivity contribution in [1.82, 2.24) is 0 Å². The van der Waals surface area contributed by atoms with Crippen LogP contribution in [-0.4, -0.2) is 0 Å². The summed E-state index contributed by atoms with van der Waals surface area (Å²) >= 11 is 0. The van der Waals surface area contributed by atoms with Crippen LogP contribution in [0.3, 0.4) is 0 Å². The zero-order chi connectivity index (χ0) is 11.5. The van der Waals surface area contributed by atoms with Crippen LogP contribution in [0.25, 0.3) is 11.1 Å². The van der Waals surface area contributed by atoms with Gasteiger partial charge in [0.1, 0.15) is 0 Å². The van der Waals surface area contributed by atoms with Gasteiger partial charge in [0.05, 0.1) is 0 Å². The fourth-order valence-corrected chi connectivity index (χ4v) is 2.12. The lowest BCUT2D eigenvalue weighted by Crippen LogP contribution is -1.96. The van der Waals surface area contributed by atoms with Crippen molar-refractivity contribution >= 4 is 0 Å². The maximum atomic E-state index is 5.67. The molecule has 0 aliphatic heterocycles. The largest absolute Gasteiger partial charge is 0.326 e. The van der Waals surface area contributed by atoms with Crippen molar-refractivity contribution in [1.29, 1.82) is 0 Å². The summed E-state index contributed by atoms with van der Waals surface area (Å²) in [6.07, 6.45) is 0. The molecule has 0 unspecified atom stereocenters. The van der Waals surface area contributed by atoms with Gasteiger partial charge < -0.3 is 5.73 Å². The lowest BCUT2D eigenvalue weighted by Gasteiger charge is -2.10. The molecule has 2 aromatic rings. The third-order valence-electron chi connectivity index (χ3n) is 2.93. The molecule has 16 heavy (non-hydrogen) atoms. The van der Waals surface area contributed by atoms with Crippen molar-refractivity contribution in [3.63, 3.8) is 0 Å². The summed E-state index contributed by atoms with van der Waals surface area (Å²) in [5.41, 5.74) is 12.1. The Kier molecular flexibility index (Phi) is 3.07. The highest BCUT2D eigenvalue weighted by Crippen LogP contribution is 2.27. The summed E-state index contributed by atoms with van der Waals surface area (Å²) in [5.74, 6) is 0. The molecule has 0 radical (unpaired) electrons. The number of aryl methyl sites for hydroxylation is 2. The van der Waals surface area contributed by atoms with Gasteiger partial charge in [-0.15, -0.1) is 0 Å². The van der Waals surface area contributed by atoms with E-state index < -0.39 is 0 Å². The smallest absolute Gasteiger partial charge is 0.0178 e. The van der Waals surface area contributed by atoms with Gasteiger partial charge >= 0.3 is 0 Å². The second-order valence-corrected chi connectivity index (χ2v) is 4.17. The van der Waals surface area contributed by atoms with Gasteiger partial charge in [-0.25, -0.2) is 0 Å². The van der Waals surface area contributed by atoms with E-state index >= 15 is 0 Å². The summed E-state index contributed by atoms with van der Waals surface area (Å²) < 4.78 is 0. The third-order valence-corrected chi connectivity index (χ3v) is 2.93. The van der Waals surface area contributed by atoms with E-state index in [1.54, 1.807) is 0 Å². The molecule has 0 aliphatic rings. The van der Waals surface area contributed by atoms with Gasteiger partial charge in [-0.05, 0) is 47.7 Å². The van der Waals surface area contributed by atoms with Crippen molar-refractivity contribution in [2.75, 3.05) is 0 Å². The van der Waals surface area contributed by atoms with E-state index in [1.165, 1.54) is 27.8 Å². The Bertz CT molecular complexity index is 480. The molecule has 2 N–H and O–H groups in total. The van der Waals surface area contributed by atoms with E-state index in [1.807, 2.05) is 0 Å². The highest BCUT2D eigenvalue weighted by Gasteiger charge is 2.05. The maximum Gasteiger partial charge on any atom is 0.0178 e. The van der Waals surface area contributed by atoms with Crippen LogP contribution in [-0.2, 0) is 6.54 Å². The summed E-state index contributed by atoms with van der Waals surface area (Å²) in [6, 6.07) is 14.9. The van der Waals surface area contributed by atoms with E-state index in [2.05, 4.69) is 56.3 Å². The van der Waals surface area contributed by atoms with Crippen LogP contribution >= 0.6 is 0 Å². The van der Waals surface area contributed by atoms with E-state index in [4.69, 9.17) is 5.73 Å². The van der Waals surface area contributed by atoms with Crippen molar-refractivity contribution in [2.24, 2.45) is 5.73 Å². The summed E-state index contributed by atoms with van der Waals surface area (Å²) in [7, 11) is 0. The topological polar surface area (TPSA) is 26.0 Å². The zero-order valence-electron chi connectivity index (χ0n) is 9.83. The Hall–Kier alpha value is -1.60. The normalized spacial score (nSPS) is 10.4. The lowest BCUT2D eigenvalue weighted by molar-refractivity contribution is 1.07. The second kappa shape index (κ2) is 4.50. The molecule has 0 bridgehead atoms. The fourth-order valence-electron chi connectivity index (χ4n) is 2.12. The minimum atomic E-state index is 0.596. The Balaban J connectivity index is 2.58. The van der Waals surface area contributed by atoms with Crippen molar-refractivity contribution < 1.29 is 0 Å². The maximum absolute atomic E-state index is 5.67. The highest BCUT2D eigenvalue weighted by molar-refractivity contribution is 5.71. The molecule has 0 aromatic heterocycles. The molecule has 0 aliphatic carbocycles. The minimum Gasteiger partial charge on any atom is -0.326 e. The first-order valence-electron chi connectivity index (χ1n) is 5.58. The van der Waals surface area contributed by atoms with Gasteiger partial charge in [-0.1, -0.05) is 36.4 Å². The molecule has 1 nitrogen and oxygen atoms in total. The van der Waals surface area contributed by atoms with E-state index in [-0.39, 0.29) is 0 Å². The Morgan fingerprint density at radius 1 is 0.938 bits per heavy atom. The van der Waals surface area contributed by atoms with E-state index in [0.29, 0.717) is 6.54 Å². The number of rotatable bonds is 2. The summed E-state index contributed by atoms with van der Waals surface area (Å²) in [4.78, 5) is 0. The molecule has 0 fully saturated rings. The third kappa shape index (κ3) is 2.00. The SMILES string of the molecule is Cc1cccc(C)c1-c1cccc(CN)c1. The Morgan fingerprint density at radius 2 is 1.56 bits per heavy atom. The highest BCUT2D eigenvalue weighted by atomic mass is 14.5. The van der Waals surface area contributed by atoms with Crippen LogP contribution in [0.4, 0.5) is 0 Å². The van der Waals surface area contributed by atoms with Crippen LogP contribution in [0.1, 0.15) is 16.7 Å². The Morgan fingerprint density at radius 3 is 2.19 bits per heavy atom. The van der Waals surface area contributed by atoms with Gasteiger partial charge in [0.15, 0.2) is 0 Å². The van der Waals surface area contributed by atoms with E-state index in [0.717, 1.165) is 0 Å². The van der Waals surface area contributed by atoms with Crippen molar-refractivity contribution in [2.45, 2.75) is 20.4 Å². The van der Waals surface area contributed by atoms with Crippen LogP contribution in [0.5, 0.6) is 0 Å². The molecule has 0 heterocycles. The molecule has 0 amide bonds. The average molecular weight is 211 g/mol. The Labute approximate surface area is 96.9 Å². The fraction of sp³-hybridized carbons (Fsp3) is 0.200. The first-order valence-corrected chi connectivity index (χ1v) is 5.58. The predicted octanol–water partition coefficient (Wildman–Crippen LogP) is 3.43. The first kappa shape index (κ1) is 10.9. The molecule has 0 spiro atoms. The molecule has 0 saturated carbocycles. The minimum absolute atomic E-state index is 0.596. The molecule has 2 aromatic carbocycles. The monoisotopic (exact) mass is 211 g/mol. The van der Waals surface area contributed by atoms with Crippen LogP contribution in [0.2, 0.25) is 0 Å². The number of benzene rings is 2. The van der Waals surface area contributed by atoms with Crippen LogP contribution in [0, 0.1) is 13.8 Å². The second-order valence-electron chi connectivity index (χ2n) is 4.17. The summed E-state index contributed by atoms with van der Waals surface area (Å²) in [5, 5.41) is 0. The van der Waals surface area contributed by atoms with Crippen molar-refractivity contribution in [3.05, 3.63) is 59.2 Å². The average Bonchev–Trinajstić information content (AvgIpc) is 2.29. The van der Waals surface area contributed by atoms with Gasteiger partial charge in [0, 0.05) is 6.54 Å². The standard InChI is InChI=1S/C15H17N/c1-11-5-3-6-12(2)15(11)14-8-4-7-13(9-14)10-16/h3-9H,10,16H2,1-2H3. The number of hydrogen-bond donors (Lipinski definition) is 1. The molecule has 2 rings (SSSR count). The first-order chi connectivity index (χ1) is 7.72. The number of nitrogens with two attached hydrogens (primary N) is 1. The zero-order valence-corrected chi connectivity index (χ0v) is 9.83. The number of hydrogen-bond acceptors (Lipinski definition) is 1. The quantitative estimate of drug-likeness (QED) is 0.809. The summed E-state index contributed by atoms with van der Waals surface area (Å²) in [6.45, 7) is 4.90. The molecule has 82 valence electrons. The predicted molar refractivity (Wildman–Crippen MR) is 69.2 cm³/mol. The van der Waals surface area contributed by atoms with Gasteiger partial charge in [0.25, 0.3) is 0 Å². The van der Waals surface area contributed by atoms with Gasteiger partial charge in [0.2, 0.25) is 0 Å². The van der Waals surface area contributed by atoms with Gasteiger partial charge in [-0.3, -0.25) is 0 Å². The molecular formula is C15H17N. The van der Waals surface area contributed by atoms with Crippen molar-refractivity contribution in [3.8, 4) is 11.1 Å². The molecular weight excluding hydrogens is 194 g/mol. The van der Waals surface area contributed by atoms with Gasteiger partial charge in [-0.2, -0.15) is 0 Å².